The highest BCUT2D eigenvalue weighted by atomic mass is 19.4. The summed E-state index contributed by atoms with van der Waals surface area (Å²) in [5, 5.41) is 20.9. The molecule has 0 saturated heterocycles. The quantitative estimate of drug-likeness (QED) is 0.138. The number of benzene rings is 1. The normalized spacial score (nSPS) is 28.4. The molecule has 3 nitrogen and oxygen atoms in total. The summed E-state index contributed by atoms with van der Waals surface area (Å²) >= 11 is 0. The highest BCUT2D eigenvalue weighted by molar-refractivity contribution is 5.41. The molecule has 0 amide bonds. The van der Waals surface area contributed by atoms with Crippen LogP contribution in [0.4, 0.5) is 61.5 Å². The van der Waals surface area contributed by atoms with Gasteiger partial charge >= 0.3 is 35.8 Å². The first-order chi connectivity index (χ1) is 23.2. The van der Waals surface area contributed by atoms with Crippen LogP contribution >= 0.6 is 0 Å². The van der Waals surface area contributed by atoms with Crippen molar-refractivity contribution >= 4 is 0 Å². The van der Waals surface area contributed by atoms with Gasteiger partial charge in [0.25, 0.3) is 0 Å². The maximum atomic E-state index is 15.5. The molecule has 3 aliphatic carbocycles. The minimum atomic E-state index is -7.90. The number of hydrogen-bond donors (Lipinski definition) is 2. The third-order valence-electron chi connectivity index (χ3n) is 11.7. The predicted octanol–water partition coefficient (Wildman–Crippen LogP) is 10.2. The van der Waals surface area contributed by atoms with E-state index in [4.69, 9.17) is 0 Å². The van der Waals surface area contributed by atoms with Gasteiger partial charge in [0.2, 0.25) is 0 Å². The van der Waals surface area contributed by atoms with Crippen molar-refractivity contribution in [1.82, 2.24) is 4.90 Å². The Morgan fingerprint density at radius 1 is 0.824 bits per heavy atom. The van der Waals surface area contributed by atoms with E-state index in [0.717, 1.165) is 30.4 Å². The van der Waals surface area contributed by atoms with Crippen LogP contribution < -0.4 is 0 Å². The number of halogens is 14. The maximum absolute atomic E-state index is 15.5. The zero-order valence-corrected chi connectivity index (χ0v) is 28.0. The number of unbranched alkanes of at least 4 members (excludes halogenated alkanes) is 1. The molecule has 7 atom stereocenters. The number of rotatable bonds is 15. The van der Waals surface area contributed by atoms with Gasteiger partial charge in [0.1, 0.15) is 11.9 Å². The molecule has 51 heavy (non-hydrogen) atoms. The summed E-state index contributed by atoms with van der Waals surface area (Å²) in [6.45, 7) is 2.18. The second-order valence-electron chi connectivity index (χ2n) is 15.0. The Bertz CT molecular complexity index is 1350. The highest BCUT2D eigenvalue weighted by Crippen LogP contribution is 2.63. The zero-order chi connectivity index (χ0) is 38.6. The number of hydrogen-bond acceptors (Lipinski definition) is 3. The molecular formula is C34H43F14NO2. The lowest BCUT2D eigenvalue weighted by Gasteiger charge is -2.53. The number of phenolic OH excluding ortho intramolecular Hbond substituents is 1. The van der Waals surface area contributed by atoms with Crippen LogP contribution in [0.15, 0.2) is 18.2 Å². The van der Waals surface area contributed by atoms with Crippen molar-refractivity contribution < 1.29 is 71.7 Å². The molecule has 0 aromatic heterocycles. The number of phenols is 1. The van der Waals surface area contributed by atoms with Crippen LogP contribution in [0.5, 0.6) is 5.75 Å². The van der Waals surface area contributed by atoms with Gasteiger partial charge in [-0.25, -0.2) is 4.39 Å². The monoisotopic (exact) mass is 763 g/mol. The molecular weight excluding hydrogens is 720 g/mol. The minimum absolute atomic E-state index is 0.0567. The van der Waals surface area contributed by atoms with Gasteiger partial charge < -0.3 is 15.1 Å². The molecule has 1 unspecified atom stereocenters. The summed E-state index contributed by atoms with van der Waals surface area (Å²) < 4.78 is 189. The fraction of sp³-hybridized carbons (Fsp3) is 0.824. The number of fused-ring (bicyclic) bond motifs is 5. The molecule has 2 N–H and O–H groups in total. The molecule has 1 aromatic rings. The van der Waals surface area contributed by atoms with Crippen molar-refractivity contribution in [2.75, 3.05) is 20.1 Å². The van der Waals surface area contributed by atoms with Crippen LogP contribution in [0.1, 0.15) is 88.2 Å². The number of alkyl halides is 14. The molecule has 0 bridgehead atoms. The van der Waals surface area contributed by atoms with E-state index in [-0.39, 0.29) is 67.2 Å². The maximum Gasteiger partial charge on any atom is 0.460 e. The smallest absolute Gasteiger partial charge is 0.460 e. The topological polar surface area (TPSA) is 43.7 Å². The molecule has 2 saturated carbocycles. The van der Waals surface area contributed by atoms with Gasteiger partial charge in [-0.3, -0.25) is 0 Å². The van der Waals surface area contributed by atoms with Crippen LogP contribution in [0.3, 0.4) is 0 Å². The van der Waals surface area contributed by atoms with Gasteiger partial charge in [0.15, 0.2) is 0 Å². The molecule has 0 aliphatic heterocycles. The van der Waals surface area contributed by atoms with Crippen LogP contribution in [0.25, 0.3) is 0 Å². The Morgan fingerprint density at radius 2 is 1.43 bits per heavy atom. The van der Waals surface area contributed by atoms with Gasteiger partial charge in [0.05, 0.1) is 6.10 Å². The first kappa shape index (κ1) is 41.7. The van der Waals surface area contributed by atoms with E-state index in [0.29, 0.717) is 12.8 Å². The van der Waals surface area contributed by atoms with Gasteiger partial charge in [-0.2, -0.15) is 57.1 Å². The van der Waals surface area contributed by atoms with Gasteiger partial charge in [-0.05, 0) is 137 Å². The number of aliphatic hydroxyl groups excluding tert-OH is 1. The van der Waals surface area contributed by atoms with E-state index in [9.17, 15) is 67.3 Å². The Balaban J connectivity index is 1.28. The Morgan fingerprint density at radius 3 is 2.06 bits per heavy atom. The summed E-state index contributed by atoms with van der Waals surface area (Å²) in [7, 11) is 1.47. The van der Waals surface area contributed by atoms with Crippen molar-refractivity contribution in [1.29, 1.82) is 0 Å². The standard InChI is InChI=1S/C34H43F14NO2/c1-28-13-11-24-23-8-7-22(50)18-19(23)16-20(27(24)25(28)9-10-26(28)51)17-21(35)6-5-15-49(2)14-4-3-12-29(36,37)30(38,39)31(40,41)32(42,43)33(44,45)34(46,47)48/h7-8,18,20-21,24-27,50-51H,3-6,9-17H2,1-2H3/t20-,21?,24+,25-,26-,27+,28-/m0/s1. The van der Waals surface area contributed by atoms with Crippen LogP contribution in [-0.4, -0.2) is 83.3 Å². The molecule has 2 fully saturated rings. The zero-order valence-electron chi connectivity index (χ0n) is 28.0. The first-order valence-electron chi connectivity index (χ1n) is 17.0. The lowest BCUT2D eigenvalue weighted by atomic mass is 9.52. The fourth-order valence-corrected chi connectivity index (χ4v) is 8.81. The van der Waals surface area contributed by atoms with E-state index in [1.165, 1.54) is 11.9 Å². The SMILES string of the molecule is CN(CCCCC(F)(F)C(F)(F)C(F)(F)C(F)(F)C(F)(F)C(F)(F)F)CCCC(F)C[C@@H]1Cc2cc(O)ccc2[C@H]2CC[C@]3(C)[C@@H](O)CC[C@H]3[C@H]12. The summed E-state index contributed by atoms with van der Waals surface area (Å²) in [6, 6.07) is 5.28. The molecule has 294 valence electrons. The summed E-state index contributed by atoms with van der Waals surface area (Å²) in [5.41, 5.74) is 1.84. The average Bonchev–Trinajstić information content (AvgIpc) is 3.31. The lowest BCUT2D eigenvalue weighted by Crippen LogP contribution is -2.70. The van der Waals surface area contributed by atoms with Gasteiger partial charge in [-0.15, -0.1) is 0 Å². The minimum Gasteiger partial charge on any atom is -0.508 e. The number of aromatic hydroxyl groups is 1. The summed E-state index contributed by atoms with van der Waals surface area (Å²) in [4.78, 5) is 1.50. The molecule has 3 aliphatic rings. The van der Waals surface area contributed by atoms with E-state index < -0.39 is 67.3 Å². The lowest BCUT2D eigenvalue weighted by molar-refractivity contribution is -0.440. The second kappa shape index (κ2) is 14.3. The van der Waals surface area contributed by atoms with Crippen molar-refractivity contribution in [3.63, 3.8) is 0 Å². The van der Waals surface area contributed by atoms with Crippen molar-refractivity contribution in [2.45, 2.75) is 132 Å². The van der Waals surface area contributed by atoms with Crippen molar-refractivity contribution in [2.24, 2.45) is 23.2 Å². The third-order valence-corrected chi connectivity index (χ3v) is 11.7. The van der Waals surface area contributed by atoms with Gasteiger partial charge in [0, 0.05) is 6.42 Å². The van der Waals surface area contributed by atoms with Crippen molar-refractivity contribution in [3.05, 3.63) is 29.3 Å². The summed E-state index contributed by atoms with van der Waals surface area (Å²) in [6.07, 6.45) is -8.40. The molecule has 0 spiro atoms. The van der Waals surface area contributed by atoms with Crippen molar-refractivity contribution in [3.8, 4) is 5.75 Å². The second-order valence-corrected chi connectivity index (χ2v) is 15.0. The largest absolute Gasteiger partial charge is 0.508 e. The van der Waals surface area contributed by atoms with Gasteiger partial charge in [-0.1, -0.05) is 13.0 Å². The Labute approximate surface area is 286 Å². The molecule has 0 heterocycles. The number of aliphatic hydroxyl groups is 1. The Hall–Kier alpha value is -2.04. The van der Waals surface area contributed by atoms with E-state index >= 15 is 4.39 Å². The van der Waals surface area contributed by atoms with Crippen LogP contribution in [0, 0.1) is 23.2 Å². The van der Waals surface area contributed by atoms with E-state index in [2.05, 4.69) is 6.92 Å². The van der Waals surface area contributed by atoms with E-state index in [1.807, 2.05) is 6.07 Å². The highest BCUT2D eigenvalue weighted by Gasteiger charge is 2.90. The van der Waals surface area contributed by atoms with E-state index in [1.54, 1.807) is 12.1 Å². The molecule has 4 rings (SSSR count). The Kier molecular flexibility index (Phi) is 11.7. The van der Waals surface area contributed by atoms with Crippen LogP contribution in [-0.2, 0) is 6.42 Å². The first-order valence-corrected chi connectivity index (χ1v) is 17.0. The fourth-order valence-electron chi connectivity index (χ4n) is 8.81. The molecule has 17 heteroatoms. The number of nitrogens with zero attached hydrogens (tertiary/aromatic N) is 1. The summed E-state index contributed by atoms with van der Waals surface area (Å²) in [5.74, 6) is -36.2. The van der Waals surface area contributed by atoms with Crippen LogP contribution in [0.2, 0.25) is 0 Å². The molecule has 0 radical (unpaired) electrons. The molecule has 1 aromatic carbocycles. The average molecular weight is 764 g/mol. The third kappa shape index (κ3) is 7.41. The predicted molar refractivity (Wildman–Crippen MR) is 158 cm³/mol.